The molecule has 0 unspecified atom stereocenters. The zero-order chi connectivity index (χ0) is 10.5. The first kappa shape index (κ1) is 9.65. The molecule has 0 aliphatic carbocycles. The van der Waals surface area contributed by atoms with Gasteiger partial charge in [0.1, 0.15) is 0 Å². The summed E-state index contributed by atoms with van der Waals surface area (Å²) in [5, 5.41) is 3.26. The van der Waals surface area contributed by atoms with Gasteiger partial charge in [-0.15, -0.1) is 0 Å². The van der Waals surface area contributed by atoms with Crippen LogP contribution in [-0.2, 0) is 0 Å². The number of hydrogen-bond acceptors (Lipinski definition) is 3. The largest absolute Gasteiger partial charge is 0.385 e. The molecule has 2 heterocycles. The molecule has 0 aromatic carbocycles. The second kappa shape index (κ2) is 4.55. The Hall–Kier alpha value is -1.90. The Morgan fingerprint density at radius 1 is 1.13 bits per heavy atom. The molecule has 0 saturated heterocycles. The van der Waals surface area contributed by atoms with Gasteiger partial charge in [-0.25, -0.2) is 0 Å². The molecule has 1 N–H and O–H groups in total. The van der Waals surface area contributed by atoms with Crippen molar-refractivity contribution in [2.24, 2.45) is 0 Å². The molecule has 3 heteroatoms. The van der Waals surface area contributed by atoms with Crippen molar-refractivity contribution >= 4 is 5.69 Å². The smallest absolute Gasteiger partial charge is 0.0723 e. The van der Waals surface area contributed by atoms with Crippen LogP contribution in [0, 0.1) is 0 Å². The predicted molar refractivity (Wildman–Crippen MR) is 61.6 cm³/mol. The molecule has 2 aromatic heterocycles. The summed E-state index contributed by atoms with van der Waals surface area (Å²) in [7, 11) is 0. The highest BCUT2D eigenvalue weighted by Gasteiger charge is 1.98. The maximum atomic E-state index is 4.32. The second-order valence-electron chi connectivity index (χ2n) is 3.20. The van der Waals surface area contributed by atoms with E-state index in [-0.39, 0.29) is 0 Å². The van der Waals surface area contributed by atoms with Crippen LogP contribution < -0.4 is 5.32 Å². The van der Waals surface area contributed by atoms with Gasteiger partial charge in [-0.3, -0.25) is 9.97 Å². The molecule has 76 valence electrons. The van der Waals surface area contributed by atoms with Gasteiger partial charge < -0.3 is 5.32 Å². The van der Waals surface area contributed by atoms with Crippen molar-refractivity contribution in [2.75, 3.05) is 11.9 Å². The van der Waals surface area contributed by atoms with E-state index < -0.39 is 0 Å². The number of rotatable bonds is 3. The number of nitrogens with zero attached hydrogens (tertiary/aromatic N) is 2. The number of hydrogen-bond donors (Lipinski definition) is 1. The summed E-state index contributed by atoms with van der Waals surface area (Å²) in [6, 6.07) is 7.92. The van der Waals surface area contributed by atoms with Crippen molar-refractivity contribution < 1.29 is 0 Å². The van der Waals surface area contributed by atoms with E-state index in [1.54, 1.807) is 12.4 Å². The first-order chi connectivity index (χ1) is 7.40. The molecule has 15 heavy (non-hydrogen) atoms. The van der Waals surface area contributed by atoms with Gasteiger partial charge in [0.15, 0.2) is 0 Å². The number of aromatic nitrogens is 2. The molecule has 0 spiro atoms. The second-order valence-corrected chi connectivity index (χ2v) is 3.20. The first-order valence-electron chi connectivity index (χ1n) is 5.00. The Bertz CT molecular complexity index is 426. The van der Waals surface area contributed by atoms with Gasteiger partial charge in [0.25, 0.3) is 0 Å². The van der Waals surface area contributed by atoms with Crippen LogP contribution in [0.2, 0.25) is 0 Å². The molecule has 0 amide bonds. The lowest BCUT2D eigenvalue weighted by atomic mass is 10.2. The number of nitrogens with one attached hydrogen (secondary N) is 1. The number of pyridine rings is 2. The number of anilines is 1. The van der Waals surface area contributed by atoms with Crippen LogP contribution in [0.1, 0.15) is 6.92 Å². The summed E-state index contributed by atoms with van der Waals surface area (Å²) in [6.07, 6.45) is 5.36. The van der Waals surface area contributed by atoms with Crippen LogP contribution >= 0.6 is 0 Å². The van der Waals surface area contributed by atoms with E-state index in [9.17, 15) is 0 Å². The van der Waals surface area contributed by atoms with Crippen molar-refractivity contribution in [1.82, 2.24) is 9.97 Å². The van der Waals surface area contributed by atoms with Crippen molar-refractivity contribution in [3.8, 4) is 11.3 Å². The third-order valence-corrected chi connectivity index (χ3v) is 2.12. The molecule has 0 radical (unpaired) electrons. The zero-order valence-corrected chi connectivity index (χ0v) is 8.64. The molecule has 0 atom stereocenters. The minimum absolute atomic E-state index is 0.916. The van der Waals surface area contributed by atoms with Gasteiger partial charge in [0.05, 0.1) is 5.69 Å². The molecule has 2 aromatic rings. The van der Waals surface area contributed by atoms with Crippen molar-refractivity contribution in [1.29, 1.82) is 0 Å². The fourth-order valence-corrected chi connectivity index (χ4v) is 1.43. The van der Waals surface area contributed by atoms with E-state index in [4.69, 9.17) is 0 Å². The van der Waals surface area contributed by atoms with E-state index in [1.807, 2.05) is 30.5 Å². The fraction of sp³-hybridized carbons (Fsp3) is 0.167. The van der Waals surface area contributed by atoms with Gasteiger partial charge in [0.2, 0.25) is 0 Å². The Balaban J connectivity index is 2.33. The predicted octanol–water partition coefficient (Wildman–Crippen LogP) is 2.58. The third kappa shape index (κ3) is 2.31. The van der Waals surface area contributed by atoms with E-state index in [0.717, 1.165) is 23.5 Å². The summed E-state index contributed by atoms with van der Waals surface area (Å²) in [5.74, 6) is 0. The van der Waals surface area contributed by atoms with E-state index >= 15 is 0 Å². The molecule has 0 fully saturated rings. The highest BCUT2D eigenvalue weighted by molar-refractivity contribution is 5.63. The standard InChI is InChI=1S/C12H13N3/c1-2-14-11-5-8-15-12(9-11)10-3-6-13-7-4-10/h3-9H,2H2,1H3,(H,14,15). The zero-order valence-electron chi connectivity index (χ0n) is 8.64. The van der Waals surface area contributed by atoms with Gasteiger partial charge >= 0.3 is 0 Å². The molecule has 2 rings (SSSR count). The summed E-state index contributed by atoms with van der Waals surface area (Å²) >= 11 is 0. The maximum absolute atomic E-state index is 4.32. The Morgan fingerprint density at radius 3 is 2.67 bits per heavy atom. The quantitative estimate of drug-likeness (QED) is 0.825. The molecule has 0 aliphatic rings. The lowest BCUT2D eigenvalue weighted by Crippen LogP contribution is -1.96. The summed E-state index contributed by atoms with van der Waals surface area (Å²) in [6.45, 7) is 2.99. The van der Waals surface area contributed by atoms with Crippen LogP contribution in [0.25, 0.3) is 11.3 Å². The molecule has 0 bridgehead atoms. The minimum Gasteiger partial charge on any atom is -0.385 e. The van der Waals surface area contributed by atoms with Crippen LogP contribution in [0.15, 0.2) is 42.9 Å². The van der Waals surface area contributed by atoms with Gasteiger partial charge in [0, 0.05) is 36.4 Å². The first-order valence-corrected chi connectivity index (χ1v) is 5.00. The summed E-state index contributed by atoms with van der Waals surface area (Å²) in [5.41, 5.74) is 3.15. The van der Waals surface area contributed by atoms with E-state index in [1.165, 1.54) is 0 Å². The molecule has 0 saturated carbocycles. The van der Waals surface area contributed by atoms with E-state index in [0.29, 0.717) is 0 Å². The monoisotopic (exact) mass is 199 g/mol. The molecule has 3 nitrogen and oxygen atoms in total. The average molecular weight is 199 g/mol. The average Bonchev–Trinajstić information content (AvgIpc) is 2.31. The topological polar surface area (TPSA) is 37.8 Å². The maximum Gasteiger partial charge on any atom is 0.0723 e. The minimum atomic E-state index is 0.916. The van der Waals surface area contributed by atoms with Gasteiger partial charge in [-0.2, -0.15) is 0 Å². The van der Waals surface area contributed by atoms with Crippen molar-refractivity contribution in [3.63, 3.8) is 0 Å². The highest BCUT2D eigenvalue weighted by atomic mass is 14.9. The lowest BCUT2D eigenvalue weighted by Gasteiger charge is -2.05. The molecule has 0 aliphatic heterocycles. The summed E-state index contributed by atoms with van der Waals surface area (Å²) < 4.78 is 0. The Labute approximate surface area is 89.2 Å². The SMILES string of the molecule is CCNc1ccnc(-c2ccncc2)c1. The van der Waals surface area contributed by atoms with E-state index in [2.05, 4.69) is 22.2 Å². The van der Waals surface area contributed by atoms with Gasteiger partial charge in [-0.05, 0) is 31.2 Å². The molecular weight excluding hydrogens is 186 g/mol. The van der Waals surface area contributed by atoms with Crippen LogP contribution in [0.3, 0.4) is 0 Å². The Kier molecular flexibility index (Phi) is 2.93. The lowest BCUT2D eigenvalue weighted by molar-refractivity contribution is 1.20. The van der Waals surface area contributed by atoms with Crippen LogP contribution in [0.5, 0.6) is 0 Å². The third-order valence-electron chi connectivity index (χ3n) is 2.12. The Morgan fingerprint density at radius 2 is 1.93 bits per heavy atom. The van der Waals surface area contributed by atoms with Crippen molar-refractivity contribution in [3.05, 3.63) is 42.9 Å². The van der Waals surface area contributed by atoms with Crippen LogP contribution in [-0.4, -0.2) is 16.5 Å². The molecular formula is C12H13N3. The van der Waals surface area contributed by atoms with Crippen LogP contribution in [0.4, 0.5) is 5.69 Å². The van der Waals surface area contributed by atoms with Gasteiger partial charge in [-0.1, -0.05) is 0 Å². The summed E-state index contributed by atoms with van der Waals surface area (Å²) in [4.78, 5) is 8.31. The van der Waals surface area contributed by atoms with Crippen molar-refractivity contribution in [2.45, 2.75) is 6.92 Å². The highest BCUT2D eigenvalue weighted by Crippen LogP contribution is 2.18. The normalized spacial score (nSPS) is 9.93. The fourth-order valence-electron chi connectivity index (χ4n) is 1.43.